The van der Waals surface area contributed by atoms with Crippen molar-refractivity contribution in [3.05, 3.63) is 58.6 Å². The zero-order chi connectivity index (χ0) is 22.5. The normalized spacial score (nSPS) is 25.7. The first-order valence-electron chi connectivity index (χ1n) is 11.6. The summed E-state index contributed by atoms with van der Waals surface area (Å²) in [4.78, 5) is 29.3. The van der Waals surface area contributed by atoms with E-state index in [2.05, 4.69) is 43.4 Å². The number of thiophene rings is 1. The molecule has 1 atom stereocenters. The van der Waals surface area contributed by atoms with Crippen LogP contribution >= 0.6 is 11.3 Å². The standard InChI is InChI=1S/C26H31N3O2S/c1-17-4-8-19(9-5-17)15-29-24(30)22-14-23-21(12-13-32-23)28(22)16-26(29,3)25(31)27-20-10-6-18(2)7-11-20/h4-5,8-9,12-14,18,20H,6-7,10-11,15-16H2,1-3H3,(H,27,31)/t18?,20?,26-/m1/s1. The van der Waals surface area contributed by atoms with Crippen LogP contribution in [0.3, 0.4) is 0 Å². The summed E-state index contributed by atoms with van der Waals surface area (Å²) in [6.07, 6.45) is 4.31. The van der Waals surface area contributed by atoms with Crippen molar-refractivity contribution in [2.24, 2.45) is 5.92 Å². The molecule has 32 heavy (non-hydrogen) atoms. The lowest BCUT2D eigenvalue weighted by Gasteiger charge is -2.45. The van der Waals surface area contributed by atoms with E-state index in [0.29, 0.717) is 18.8 Å². The van der Waals surface area contributed by atoms with Crippen LogP contribution in [-0.4, -0.2) is 32.9 Å². The van der Waals surface area contributed by atoms with Crippen molar-refractivity contribution in [3.8, 4) is 0 Å². The number of hydrogen-bond donors (Lipinski definition) is 1. The second-order valence-electron chi connectivity index (χ2n) is 9.87. The Labute approximate surface area is 193 Å². The lowest BCUT2D eigenvalue weighted by molar-refractivity contribution is -0.134. The summed E-state index contributed by atoms with van der Waals surface area (Å²) in [5.41, 5.74) is 2.98. The van der Waals surface area contributed by atoms with Gasteiger partial charge in [0.2, 0.25) is 5.91 Å². The molecule has 2 amide bonds. The van der Waals surface area contributed by atoms with Gasteiger partial charge in [-0.1, -0.05) is 36.8 Å². The molecule has 1 aromatic carbocycles. The Balaban J connectivity index is 1.50. The van der Waals surface area contributed by atoms with Crippen molar-refractivity contribution in [1.29, 1.82) is 0 Å². The maximum absolute atomic E-state index is 13.8. The fourth-order valence-corrected chi connectivity index (χ4v) is 5.96. The molecule has 6 heteroatoms. The van der Waals surface area contributed by atoms with Crippen molar-refractivity contribution >= 4 is 33.4 Å². The van der Waals surface area contributed by atoms with Crippen molar-refractivity contribution in [1.82, 2.24) is 14.8 Å². The first-order valence-corrected chi connectivity index (χ1v) is 12.5. The molecule has 5 nitrogen and oxygen atoms in total. The van der Waals surface area contributed by atoms with Gasteiger partial charge in [0.05, 0.1) is 16.8 Å². The minimum atomic E-state index is -0.952. The first-order chi connectivity index (χ1) is 15.3. The van der Waals surface area contributed by atoms with Gasteiger partial charge in [0.1, 0.15) is 11.2 Å². The Bertz CT molecular complexity index is 1150. The number of rotatable bonds is 4. The molecule has 0 spiro atoms. The number of hydrogen-bond acceptors (Lipinski definition) is 3. The zero-order valence-corrected chi connectivity index (χ0v) is 19.9. The van der Waals surface area contributed by atoms with Crippen LogP contribution < -0.4 is 5.32 Å². The maximum atomic E-state index is 13.8. The van der Waals surface area contributed by atoms with Gasteiger partial charge in [0, 0.05) is 12.6 Å². The van der Waals surface area contributed by atoms with Crippen LogP contribution in [0.2, 0.25) is 0 Å². The van der Waals surface area contributed by atoms with Gasteiger partial charge in [0.15, 0.2) is 0 Å². The van der Waals surface area contributed by atoms with Crippen molar-refractivity contribution in [2.75, 3.05) is 0 Å². The van der Waals surface area contributed by atoms with Gasteiger partial charge in [-0.05, 0) is 68.5 Å². The summed E-state index contributed by atoms with van der Waals surface area (Å²) in [5.74, 6) is 0.609. The molecule has 1 aliphatic carbocycles. The summed E-state index contributed by atoms with van der Waals surface area (Å²) in [5, 5.41) is 5.36. The molecule has 1 saturated carbocycles. The lowest BCUT2D eigenvalue weighted by atomic mass is 9.86. The van der Waals surface area contributed by atoms with Crippen molar-refractivity contribution in [3.63, 3.8) is 0 Å². The van der Waals surface area contributed by atoms with Gasteiger partial charge in [-0.2, -0.15) is 0 Å². The Morgan fingerprint density at radius 3 is 2.59 bits per heavy atom. The average molecular weight is 450 g/mol. The second-order valence-corrected chi connectivity index (χ2v) is 10.8. The van der Waals surface area contributed by atoms with Crippen LogP contribution in [0.4, 0.5) is 0 Å². The number of benzene rings is 1. The summed E-state index contributed by atoms with van der Waals surface area (Å²) < 4.78 is 3.14. The molecule has 0 unspecified atom stereocenters. The number of aryl methyl sites for hydroxylation is 1. The average Bonchev–Trinajstić information content (AvgIpc) is 3.36. The third-order valence-corrected chi connectivity index (χ3v) is 8.20. The van der Waals surface area contributed by atoms with Gasteiger partial charge < -0.3 is 14.8 Å². The molecule has 0 radical (unpaired) electrons. The number of nitrogens with one attached hydrogen (secondary N) is 1. The highest BCUT2D eigenvalue weighted by molar-refractivity contribution is 7.17. The smallest absolute Gasteiger partial charge is 0.271 e. The summed E-state index contributed by atoms with van der Waals surface area (Å²) in [6.45, 7) is 7.15. The summed E-state index contributed by atoms with van der Waals surface area (Å²) >= 11 is 1.63. The molecule has 2 aromatic heterocycles. The highest BCUT2D eigenvalue weighted by Crippen LogP contribution is 2.35. The van der Waals surface area contributed by atoms with E-state index < -0.39 is 5.54 Å². The molecule has 1 aliphatic heterocycles. The molecule has 5 rings (SSSR count). The third-order valence-electron chi connectivity index (χ3n) is 7.35. The molecule has 1 fully saturated rings. The zero-order valence-electron chi connectivity index (χ0n) is 19.1. The fourth-order valence-electron chi connectivity index (χ4n) is 5.14. The van der Waals surface area contributed by atoms with E-state index in [4.69, 9.17) is 0 Å². The van der Waals surface area contributed by atoms with Crippen LogP contribution in [0.15, 0.2) is 41.8 Å². The fraction of sp³-hybridized carbons (Fsp3) is 0.462. The van der Waals surface area contributed by atoms with Crippen molar-refractivity contribution in [2.45, 2.75) is 71.1 Å². The Hall–Kier alpha value is -2.60. The number of carbonyl (C=O) groups excluding carboxylic acids is 2. The molecular formula is C26H31N3O2S. The highest BCUT2D eigenvalue weighted by atomic mass is 32.1. The van der Waals surface area contributed by atoms with Gasteiger partial charge >= 0.3 is 0 Å². The van der Waals surface area contributed by atoms with Crippen LogP contribution in [0.5, 0.6) is 0 Å². The molecule has 0 bridgehead atoms. The van der Waals surface area contributed by atoms with Gasteiger partial charge in [0.25, 0.3) is 5.91 Å². The van der Waals surface area contributed by atoms with E-state index in [-0.39, 0.29) is 17.9 Å². The minimum absolute atomic E-state index is 0.0414. The van der Waals surface area contributed by atoms with E-state index in [9.17, 15) is 9.59 Å². The van der Waals surface area contributed by atoms with E-state index >= 15 is 0 Å². The monoisotopic (exact) mass is 449 g/mol. The SMILES string of the molecule is Cc1ccc(CN2C(=O)c3cc4sccc4n3C[C@]2(C)C(=O)NC2CCC(C)CC2)cc1. The Morgan fingerprint density at radius 1 is 1.16 bits per heavy atom. The molecule has 3 heterocycles. The van der Waals surface area contributed by atoms with Crippen LogP contribution in [0.1, 0.15) is 61.1 Å². The maximum Gasteiger partial charge on any atom is 0.271 e. The highest BCUT2D eigenvalue weighted by Gasteiger charge is 2.48. The molecular weight excluding hydrogens is 418 g/mol. The number of fused-ring (bicyclic) bond motifs is 3. The Morgan fingerprint density at radius 2 is 1.88 bits per heavy atom. The van der Waals surface area contributed by atoms with Gasteiger partial charge in [-0.25, -0.2) is 0 Å². The van der Waals surface area contributed by atoms with Crippen LogP contribution in [0, 0.1) is 12.8 Å². The number of amides is 2. The molecule has 3 aromatic rings. The predicted octanol–water partition coefficient (Wildman–Crippen LogP) is 5.12. The third kappa shape index (κ3) is 3.64. The minimum Gasteiger partial charge on any atom is -0.351 e. The number of aromatic nitrogens is 1. The summed E-state index contributed by atoms with van der Waals surface area (Å²) in [6, 6.07) is 12.4. The van der Waals surface area contributed by atoms with E-state index in [1.54, 1.807) is 16.2 Å². The van der Waals surface area contributed by atoms with Crippen molar-refractivity contribution < 1.29 is 9.59 Å². The van der Waals surface area contributed by atoms with Crippen LogP contribution in [-0.2, 0) is 17.9 Å². The van der Waals surface area contributed by atoms with E-state index in [1.807, 2.05) is 29.0 Å². The molecule has 0 saturated heterocycles. The lowest BCUT2D eigenvalue weighted by Crippen LogP contribution is -2.64. The van der Waals surface area contributed by atoms with Gasteiger partial charge in [-0.3, -0.25) is 9.59 Å². The second kappa shape index (κ2) is 8.07. The van der Waals surface area contributed by atoms with Crippen LogP contribution in [0.25, 0.3) is 10.2 Å². The Kier molecular flexibility index (Phi) is 5.36. The number of nitrogens with zero attached hydrogens (tertiary/aromatic N) is 2. The quantitative estimate of drug-likeness (QED) is 0.601. The van der Waals surface area contributed by atoms with Gasteiger partial charge in [-0.15, -0.1) is 11.3 Å². The predicted molar refractivity (Wildman–Crippen MR) is 129 cm³/mol. The number of carbonyl (C=O) groups is 2. The topological polar surface area (TPSA) is 54.3 Å². The molecule has 1 N–H and O–H groups in total. The van der Waals surface area contributed by atoms with E-state index in [0.717, 1.165) is 47.4 Å². The molecule has 168 valence electrons. The largest absolute Gasteiger partial charge is 0.351 e. The van der Waals surface area contributed by atoms with E-state index in [1.165, 1.54) is 5.56 Å². The summed E-state index contributed by atoms with van der Waals surface area (Å²) in [7, 11) is 0. The first kappa shape index (κ1) is 21.3. The molecule has 2 aliphatic rings.